The van der Waals surface area contributed by atoms with E-state index in [0.29, 0.717) is 34.9 Å². The molecule has 1 aliphatic heterocycles. The molecule has 1 saturated heterocycles. The van der Waals surface area contributed by atoms with Gasteiger partial charge in [0.25, 0.3) is 0 Å². The lowest BCUT2D eigenvalue weighted by Gasteiger charge is -2.32. The molecule has 36 heavy (non-hydrogen) atoms. The third kappa shape index (κ3) is 5.78. The van der Waals surface area contributed by atoms with Crippen LogP contribution in [0, 0.1) is 11.8 Å². The fourth-order valence-corrected chi connectivity index (χ4v) is 6.03. The first-order chi connectivity index (χ1) is 17.3. The third-order valence-electron chi connectivity index (χ3n) is 7.59. The predicted octanol–water partition coefficient (Wildman–Crippen LogP) is 4.50. The average molecular weight is 534 g/mol. The number of carbonyl (C=O) groups excluding carboxylic acids is 4. The van der Waals surface area contributed by atoms with Crippen molar-refractivity contribution in [3.8, 4) is 0 Å². The van der Waals surface area contributed by atoms with Crippen LogP contribution in [-0.2, 0) is 25.7 Å². The van der Waals surface area contributed by atoms with Gasteiger partial charge >= 0.3 is 0 Å². The number of benzene rings is 1. The molecule has 0 bridgehead atoms. The van der Waals surface area contributed by atoms with E-state index in [1.165, 1.54) is 9.80 Å². The first-order valence-electron chi connectivity index (χ1n) is 12.8. The highest BCUT2D eigenvalue weighted by atomic mass is 35.5. The van der Waals surface area contributed by atoms with E-state index < -0.39 is 6.04 Å². The lowest BCUT2D eigenvalue weighted by atomic mass is 9.85. The zero-order valence-corrected chi connectivity index (χ0v) is 22.1. The Labute approximate surface area is 222 Å². The Balaban J connectivity index is 1.50. The van der Waals surface area contributed by atoms with E-state index in [2.05, 4.69) is 5.32 Å². The minimum absolute atomic E-state index is 0.00896. The van der Waals surface area contributed by atoms with Crippen LogP contribution in [0.15, 0.2) is 30.4 Å². The third-order valence-corrected chi connectivity index (χ3v) is 8.18. The summed E-state index contributed by atoms with van der Waals surface area (Å²) < 4.78 is 0. The summed E-state index contributed by atoms with van der Waals surface area (Å²) in [4.78, 5) is 55.3. The summed E-state index contributed by atoms with van der Waals surface area (Å²) in [5.41, 5.74) is 0.673. The van der Waals surface area contributed by atoms with Gasteiger partial charge in [0.1, 0.15) is 6.04 Å². The molecule has 2 fully saturated rings. The second kappa shape index (κ2) is 11.8. The lowest BCUT2D eigenvalue weighted by molar-refractivity contribution is -0.144. The second-order valence-electron chi connectivity index (χ2n) is 9.91. The number of carbonyl (C=O) groups is 4. The first kappa shape index (κ1) is 26.7. The van der Waals surface area contributed by atoms with Gasteiger partial charge in [0.05, 0.1) is 11.8 Å². The highest BCUT2D eigenvalue weighted by molar-refractivity contribution is 6.35. The predicted molar refractivity (Wildman–Crippen MR) is 138 cm³/mol. The van der Waals surface area contributed by atoms with Crippen molar-refractivity contribution < 1.29 is 19.2 Å². The van der Waals surface area contributed by atoms with Crippen LogP contribution in [0.5, 0.6) is 0 Å². The van der Waals surface area contributed by atoms with Gasteiger partial charge in [-0.2, -0.15) is 0 Å². The smallest absolute Gasteiger partial charge is 0.243 e. The summed E-state index contributed by atoms with van der Waals surface area (Å²) in [6.07, 6.45) is 9.40. The highest BCUT2D eigenvalue weighted by Crippen LogP contribution is 2.35. The van der Waals surface area contributed by atoms with Gasteiger partial charge in [-0.05, 0) is 49.8 Å². The molecule has 1 heterocycles. The number of likely N-dealkylation sites (tertiary alicyclic amines) is 1. The molecule has 9 heteroatoms. The fraction of sp³-hybridized carbons (Fsp3) is 0.556. The number of nitrogens with one attached hydrogen (secondary N) is 1. The summed E-state index contributed by atoms with van der Waals surface area (Å²) >= 11 is 12.5. The van der Waals surface area contributed by atoms with E-state index in [4.69, 9.17) is 23.2 Å². The van der Waals surface area contributed by atoms with E-state index in [0.717, 1.165) is 25.7 Å². The maximum atomic E-state index is 13.6. The Morgan fingerprint density at radius 2 is 1.72 bits per heavy atom. The lowest BCUT2D eigenvalue weighted by Crippen LogP contribution is -2.51. The summed E-state index contributed by atoms with van der Waals surface area (Å²) in [7, 11) is 0. The van der Waals surface area contributed by atoms with Crippen LogP contribution < -0.4 is 5.32 Å². The first-order valence-corrected chi connectivity index (χ1v) is 13.6. The largest absolute Gasteiger partial charge is 0.352 e. The molecule has 4 amide bonds. The van der Waals surface area contributed by atoms with E-state index >= 15 is 0 Å². The van der Waals surface area contributed by atoms with Crippen molar-refractivity contribution in [2.75, 3.05) is 6.54 Å². The highest BCUT2D eigenvalue weighted by Gasteiger charge is 2.47. The summed E-state index contributed by atoms with van der Waals surface area (Å²) in [5.74, 6) is -1.57. The molecule has 3 atom stereocenters. The quantitative estimate of drug-likeness (QED) is 0.374. The van der Waals surface area contributed by atoms with Crippen molar-refractivity contribution in [1.82, 2.24) is 15.1 Å². The van der Waals surface area contributed by atoms with Gasteiger partial charge in [0, 0.05) is 35.6 Å². The number of nitrogens with zero attached hydrogens (tertiary/aromatic N) is 2. The van der Waals surface area contributed by atoms with Crippen LogP contribution in [-0.4, -0.2) is 52.1 Å². The Bertz CT molecular complexity index is 1030. The number of imide groups is 1. The summed E-state index contributed by atoms with van der Waals surface area (Å²) in [6.45, 7) is 2.01. The molecule has 0 spiro atoms. The van der Waals surface area contributed by atoms with Crippen molar-refractivity contribution in [1.29, 1.82) is 0 Å². The number of halogens is 2. The van der Waals surface area contributed by atoms with Crippen LogP contribution in [0.3, 0.4) is 0 Å². The van der Waals surface area contributed by atoms with Crippen molar-refractivity contribution >= 4 is 46.8 Å². The van der Waals surface area contributed by atoms with Crippen LogP contribution in [0.1, 0.15) is 63.9 Å². The molecule has 0 radical (unpaired) electrons. The summed E-state index contributed by atoms with van der Waals surface area (Å²) in [5, 5.41) is 4.00. The number of hydrogen-bond donors (Lipinski definition) is 1. The van der Waals surface area contributed by atoms with Crippen molar-refractivity contribution in [2.45, 2.75) is 76.9 Å². The van der Waals surface area contributed by atoms with Crippen molar-refractivity contribution in [3.63, 3.8) is 0 Å². The van der Waals surface area contributed by atoms with E-state index in [-0.39, 0.29) is 61.0 Å². The van der Waals surface area contributed by atoms with Gasteiger partial charge in [-0.25, -0.2) is 0 Å². The molecule has 1 saturated carbocycles. The number of allylic oxidation sites excluding steroid dienone is 2. The standard InChI is InChI=1S/C27H33Cl2N3O4/c1-2-23(25(34)30-19-7-3-4-8-19)32(16-17-11-12-18(28)15-22(17)29)24(33)13-14-31-26(35)20-9-5-6-10-21(20)27(31)36/h5-6,11-12,15,19-21,23H,2-4,7-10,13-14,16H2,1H3,(H,30,34)/t20-,21+,23-/m0/s1. The average Bonchev–Trinajstić information content (AvgIpc) is 3.45. The molecule has 4 rings (SSSR count). The normalized spacial score (nSPS) is 22.6. The minimum Gasteiger partial charge on any atom is -0.352 e. The molecule has 2 aliphatic carbocycles. The van der Waals surface area contributed by atoms with Gasteiger partial charge in [-0.3, -0.25) is 24.1 Å². The molecular formula is C27H33Cl2N3O4. The molecule has 0 aromatic heterocycles. The topological polar surface area (TPSA) is 86.8 Å². The van der Waals surface area contributed by atoms with Gasteiger partial charge < -0.3 is 10.2 Å². The molecule has 194 valence electrons. The zero-order valence-electron chi connectivity index (χ0n) is 20.6. The maximum absolute atomic E-state index is 13.6. The van der Waals surface area contributed by atoms with Crippen molar-refractivity contribution in [3.05, 3.63) is 46.0 Å². The zero-order chi connectivity index (χ0) is 25.8. The number of fused-ring (bicyclic) bond motifs is 1. The molecule has 3 aliphatic rings. The van der Waals surface area contributed by atoms with Gasteiger partial charge in [0.15, 0.2) is 0 Å². The van der Waals surface area contributed by atoms with Gasteiger partial charge in [0.2, 0.25) is 23.6 Å². The number of rotatable bonds is 9. The Morgan fingerprint density at radius 3 is 2.31 bits per heavy atom. The second-order valence-corrected chi connectivity index (χ2v) is 10.7. The maximum Gasteiger partial charge on any atom is 0.243 e. The van der Waals surface area contributed by atoms with Crippen LogP contribution >= 0.6 is 23.2 Å². The number of amides is 4. The van der Waals surface area contributed by atoms with Crippen LogP contribution in [0.4, 0.5) is 0 Å². The van der Waals surface area contributed by atoms with Crippen LogP contribution in [0.2, 0.25) is 10.0 Å². The molecular weight excluding hydrogens is 501 g/mol. The van der Waals surface area contributed by atoms with E-state index in [1.807, 2.05) is 19.1 Å². The minimum atomic E-state index is -0.693. The molecule has 1 aromatic carbocycles. The molecule has 1 aromatic rings. The molecule has 7 nitrogen and oxygen atoms in total. The SMILES string of the molecule is CC[C@@H](C(=O)NC1CCCC1)N(Cc1ccc(Cl)cc1Cl)C(=O)CCN1C(=O)[C@H]2CC=CC[C@H]2C1=O. The molecule has 0 unspecified atom stereocenters. The molecule has 1 N–H and O–H groups in total. The van der Waals surface area contributed by atoms with Gasteiger partial charge in [-0.1, -0.05) is 61.2 Å². The monoisotopic (exact) mass is 533 g/mol. The van der Waals surface area contributed by atoms with E-state index in [9.17, 15) is 19.2 Å². The number of hydrogen-bond acceptors (Lipinski definition) is 4. The summed E-state index contributed by atoms with van der Waals surface area (Å²) in [6, 6.07) is 4.49. The van der Waals surface area contributed by atoms with Gasteiger partial charge in [-0.15, -0.1) is 0 Å². The van der Waals surface area contributed by atoms with E-state index in [1.54, 1.807) is 18.2 Å². The fourth-order valence-electron chi connectivity index (χ4n) is 5.56. The Kier molecular flexibility index (Phi) is 8.73. The van der Waals surface area contributed by atoms with Crippen LogP contribution in [0.25, 0.3) is 0 Å². The Hall–Kier alpha value is -2.38. The van der Waals surface area contributed by atoms with Crippen molar-refractivity contribution in [2.24, 2.45) is 11.8 Å². The Morgan fingerprint density at radius 1 is 1.08 bits per heavy atom.